The first kappa shape index (κ1) is 13.5. The molecule has 2 rings (SSSR count). The number of benzene rings is 1. The number of β-amino-alcohol motifs (C(OH)–C–C–N with tert-alkyl or cyclic N) is 1. The molecule has 0 aromatic heterocycles. The molecule has 1 aromatic carbocycles. The quantitative estimate of drug-likeness (QED) is 0.895. The van der Waals surface area contributed by atoms with Gasteiger partial charge in [-0.15, -0.1) is 0 Å². The highest BCUT2D eigenvalue weighted by atomic mass is 79.9. The van der Waals surface area contributed by atoms with E-state index >= 15 is 0 Å². The van der Waals surface area contributed by atoms with E-state index in [1.165, 1.54) is 23.6 Å². The normalized spacial score (nSPS) is 18.4. The molecule has 18 heavy (non-hydrogen) atoms. The number of aryl methyl sites for hydroxylation is 1. The molecular weight excluding hydrogens is 298 g/mol. The zero-order chi connectivity index (χ0) is 13.5. The van der Waals surface area contributed by atoms with Gasteiger partial charge in [-0.2, -0.15) is 0 Å². The number of hydrogen-bond acceptors (Lipinski definition) is 3. The maximum absolute atomic E-state index is 10.9. The third-order valence-corrected chi connectivity index (χ3v) is 4.41. The molecule has 0 radical (unpaired) electrons. The second-order valence-corrected chi connectivity index (χ2v) is 5.85. The van der Waals surface area contributed by atoms with Gasteiger partial charge in [0, 0.05) is 24.1 Å². The van der Waals surface area contributed by atoms with E-state index in [1.54, 1.807) is 0 Å². The number of nitrogens with zero attached hydrogens (tertiary/aromatic N) is 1. The fraction of sp³-hybridized carbons (Fsp3) is 0.462. The highest BCUT2D eigenvalue weighted by Gasteiger charge is 2.34. The van der Waals surface area contributed by atoms with Crippen molar-refractivity contribution in [3.05, 3.63) is 33.3 Å². The van der Waals surface area contributed by atoms with Crippen LogP contribution < -0.4 is 0 Å². The van der Waals surface area contributed by atoms with Crippen LogP contribution in [0.25, 0.3) is 0 Å². The Labute approximate surface area is 114 Å². The Balaban J connectivity index is 2.16. The van der Waals surface area contributed by atoms with E-state index in [0.717, 1.165) is 4.47 Å². The molecule has 0 fully saturated rings. The summed E-state index contributed by atoms with van der Waals surface area (Å²) in [6.45, 7) is 4.83. The molecule has 0 spiro atoms. The minimum Gasteiger partial charge on any atom is -0.479 e. The minimum absolute atomic E-state index is 0.127. The summed E-state index contributed by atoms with van der Waals surface area (Å²) in [5, 5.41) is 18.7. The smallest absolute Gasteiger partial charge is 0.336 e. The van der Waals surface area contributed by atoms with Crippen LogP contribution in [0.4, 0.5) is 0 Å². The number of fused-ring (bicyclic) bond motifs is 1. The molecule has 1 aliphatic heterocycles. The molecule has 0 saturated carbocycles. The van der Waals surface area contributed by atoms with E-state index in [1.807, 2.05) is 17.9 Å². The molecule has 1 atom stereocenters. The number of aliphatic carboxylic acids is 1. The van der Waals surface area contributed by atoms with Crippen LogP contribution >= 0.6 is 15.9 Å². The van der Waals surface area contributed by atoms with Crippen molar-refractivity contribution in [1.82, 2.24) is 4.90 Å². The van der Waals surface area contributed by atoms with Gasteiger partial charge in [0.1, 0.15) is 0 Å². The molecule has 4 nitrogen and oxygen atoms in total. The summed E-state index contributed by atoms with van der Waals surface area (Å²) >= 11 is 3.56. The van der Waals surface area contributed by atoms with Crippen LogP contribution in [-0.4, -0.2) is 33.2 Å². The molecule has 1 aromatic rings. The number of hydrogen-bond donors (Lipinski definition) is 2. The lowest BCUT2D eigenvalue weighted by Gasteiger charge is -2.24. The number of rotatable bonds is 3. The fourth-order valence-corrected chi connectivity index (χ4v) is 2.74. The standard InChI is InChI=1S/C13H16BrNO3/c1-8-3-4-9-5-15(6-10(9)11(8)14)7-13(2,18)12(16)17/h3-4,18H,5-7H2,1-2H3,(H,16,17). The van der Waals surface area contributed by atoms with Crippen LogP contribution in [0.3, 0.4) is 0 Å². The Bertz CT molecular complexity index is 499. The van der Waals surface area contributed by atoms with Gasteiger partial charge in [0.2, 0.25) is 0 Å². The van der Waals surface area contributed by atoms with Crippen molar-refractivity contribution in [2.45, 2.75) is 32.5 Å². The van der Waals surface area contributed by atoms with Crippen LogP contribution in [-0.2, 0) is 17.9 Å². The second-order valence-electron chi connectivity index (χ2n) is 5.06. The summed E-state index contributed by atoms with van der Waals surface area (Å²) in [7, 11) is 0. The Morgan fingerprint density at radius 2 is 2.17 bits per heavy atom. The lowest BCUT2D eigenvalue weighted by molar-refractivity contribution is -0.158. The van der Waals surface area contributed by atoms with E-state index in [4.69, 9.17) is 5.11 Å². The van der Waals surface area contributed by atoms with Crippen LogP contribution in [0.2, 0.25) is 0 Å². The van der Waals surface area contributed by atoms with Crippen LogP contribution in [0.5, 0.6) is 0 Å². The van der Waals surface area contributed by atoms with Gasteiger partial charge in [-0.3, -0.25) is 4.90 Å². The van der Waals surface area contributed by atoms with E-state index < -0.39 is 11.6 Å². The van der Waals surface area contributed by atoms with E-state index in [2.05, 4.69) is 22.0 Å². The van der Waals surface area contributed by atoms with Gasteiger partial charge >= 0.3 is 5.97 Å². The van der Waals surface area contributed by atoms with Crippen LogP contribution in [0.15, 0.2) is 16.6 Å². The van der Waals surface area contributed by atoms with Gasteiger partial charge in [0.25, 0.3) is 0 Å². The summed E-state index contributed by atoms with van der Waals surface area (Å²) in [5.74, 6) is -1.19. The summed E-state index contributed by atoms with van der Waals surface area (Å²) in [6, 6.07) is 4.10. The average Bonchev–Trinajstić information content (AvgIpc) is 2.66. The lowest BCUT2D eigenvalue weighted by atomic mass is 10.1. The van der Waals surface area contributed by atoms with E-state index in [-0.39, 0.29) is 6.54 Å². The maximum atomic E-state index is 10.9. The van der Waals surface area contributed by atoms with Gasteiger partial charge in [-0.25, -0.2) is 4.79 Å². The zero-order valence-electron chi connectivity index (χ0n) is 10.4. The van der Waals surface area contributed by atoms with Crippen molar-refractivity contribution in [2.75, 3.05) is 6.54 Å². The van der Waals surface area contributed by atoms with Gasteiger partial charge in [-0.05, 0) is 30.5 Å². The molecule has 1 aliphatic rings. The lowest BCUT2D eigenvalue weighted by Crippen LogP contribution is -2.45. The molecule has 1 heterocycles. The molecule has 0 aliphatic carbocycles. The Kier molecular flexibility index (Phi) is 3.49. The minimum atomic E-state index is -1.70. The molecule has 0 bridgehead atoms. The zero-order valence-corrected chi connectivity index (χ0v) is 12.0. The van der Waals surface area contributed by atoms with Crippen molar-refractivity contribution in [1.29, 1.82) is 0 Å². The summed E-state index contributed by atoms with van der Waals surface area (Å²) in [4.78, 5) is 12.9. The number of carboxylic acid groups (broad SMARTS) is 1. The predicted octanol–water partition coefficient (Wildman–Crippen LogP) is 1.91. The van der Waals surface area contributed by atoms with Gasteiger partial charge in [0.05, 0.1) is 0 Å². The average molecular weight is 314 g/mol. The number of aliphatic hydroxyl groups is 1. The largest absolute Gasteiger partial charge is 0.479 e. The topological polar surface area (TPSA) is 60.8 Å². The van der Waals surface area contributed by atoms with Crippen molar-refractivity contribution in [2.24, 2.45) is 0 Å². The number of carboxylic acids is 1. The van der Waals surface area contributed by atoms with Crippen molar-refractivity contribution in [3.63, 3.8) is 0 Å². The van der Waals surface area contributed by atoms with E-state index in [0.29, 0.717) is 13.1 Å². The molecule has 5 heteroatoms. The summed E-state index contributed by atoms with van der Waals surface area (Å²) in [6.07, 6.45) is 0. The highest BCUT2D eigenvalue weighted by molar-refractivity contribution is 9.10. The number of carbonyl (C=O) groups is 1. The SMILES string of the molecule is Cc1ccc2c(c1Br)CN(CC(C)(O)C(=O)O)C2. The predicted molar refractivity (Wildman–Crippen MR) is 71.3 cm³/mol. The van der Waals surface area contributed by atoms with Crippen LogP contribution in [0.1, 0.15) is 23.6 Å². The first-order valence-electron chi connectivity index (χ1n) is 5.76. The Morgan fingerprint density at radius 1 is 1.50 bits per heavy atom. The summed E-state index contributed by atoms with van der Waals surface area (Å²) < 4.78 is 1.08. The van der Waals surface area contributed by atoms with E-state index in [9.17, 15) is 9.90 Å². The molecule has 1 unspecified atom stereocenters. The second kappa shape index (κ2) is 4.64. The monoisotopic (exact) mass is 313 g/mol. The van der Waals surface area contributed by atoms with Gasteiger partial charge < -0.3 is 10.2 Å². The molecule has 0 saturated heterocycles. The fourth-order valence-electron chi connectivity index (χ4n) is 2.23. The van der Waals surface area contributed by atoms with Crippen molar-refractivity contribution >= 4 is 21.9 Å². The third-order valence-electron chi connectivity index (χ3n) is 3.30. The van der Waals surface area contributed by atoms with Crippen molar-refractivity contribution in [3.8, 4) is 0 Å². The highest BCUT2D eigenvalue weighted by Crippen LogP contribution is 2.32. The van der Waals surface area contributed by atoms with Gasteiger partial charge in [0.15, 0.2) is 5.60 Å². The van der Waals surface area contributed by atoms with Crippen molar-refractivity contribution < 1.29 is 15.0 Å². The Morgan fingerprint density at radius 3 is 2.78 bits per heavy atom. The molecule has 0 amide bonds. The Hall–Kier alpha value is -0.910. The first-order chi connectivity index (χ1) is 8.31. The maximum Gasteiger partial charge on any atom is 0.336 e. The first-order valence-corrected chi connectivity index (χ1v) is 6.55. The third kappa shape index (κ3) is 2.43. The van der Waals surface area contributed by atoms with Gasteiger partial charge in [-0.1, -0.05) is 28.1 Å². The van der Waals surface area contributed by atoms with Crippen LogP contribution in [0, 0.1) is 6.92 Å². The molecule has 98 valence electrons. The molecule has 2 N–H and O–H groups in total. The molecular formula is C13H16BrNO3. The number of halogens is 1. The summed E-state index contributed by atoms with van der Waals surface area (Å²) in [5.41, 5.74) is 1.84.